The Morgan fingerprint density at radius 2 is 2.00 bits per heavy atom. The molecule has 1 aromatic heterocycles. The average molecular weight is 373 g/mol. The van der Waals surface area contributed by atoms with Crippen LogP contribution in [-0.2, 0) is 14.8 Å². The second-order valence-electron chi connectivity index (χ2n) is 4.15. The monoisotopic (exact) mass is 372 g/mol. The number of sulfonamides is 1. The van der Waals surface area contributed by atoms with Gasteiger partial charge in [0.05, 0.1) is 6.54 Å². The molecule has 0 radical (unpaired) electrons. The lowest BCUT2D eigenvalue weighted by molar-refractivity contribution is -0.121. The van der Waals surface area contributed by atoms with E-state index in [2.05, 4.69) is 15.6 Å². The van der Waals surface area contributed by atoms with Crippen LogP contribution in [0, 0.1) is 0 Å². The minimum Gasteiger partial charge on any atom is -0.354 e. The van der Waals surface area contributed by atoms with Crippen molar-refractivity contribution in [2.45, 2.75) is 11.8 Å². The van der Waals surface area contributed by atoms with Gasteiger partial charge in [0.2, 0.25) is 15.9 Å². The smallest absolute Gasteiger partial charge is 0.244 e. The lowest BCUT2D eigenvalue weighted by Crippen LogP contribution is -2.40. The van der Waals surface area contributed by atoms with Crippen molar-refractivity contribution < 1.29 is 13.2 Å². The van der Waals surface area contributed by atoms with Crippen LogP contribution in [0.3, 0.4) is 0 Å². The third kappa shape index (κ3) is 7.37. The van der Waals surface area contributed by atoms with E-state index in [0.717, 1.165) is 10.8 Å². The number of hydrogen-bond donors (Lipinski definition) is 2. The summed E-state index contributed by atoms with van der Waals surface area (Å²) in [5.41, 5.74) is 0. The molecule has 1 heterocycles. The SMILES string of the molecule is CCNCCNC(=O)CN(C)S(=O)(=O)c1cccnc1.Cl.Cl. The number of nitrogens with zero attached hydrogens (tertiary/aromatic N) is 2. The molecule has 1 aromatic rings. The predicted octanol–water partition coefficient (Wildman–Crippen LogP) is 0.271. The predicted molar refractivity (Wildman–Crippen MR) is 90.1 cm³/mol. The average Bonchev–Trinajstić information content (AvgIpc) is 2.44. The van der Waals surface area contributed by atoms with E-state index in [1.807, 2.05) is 6.92 Å². The van der Waals surface area contributed by atoms with Gasteiger partial charge < -0.3 is 10.6 Å². The highest BCUT2D eigenvalue weighted by molar-refractivity contribution is 7.89. The summed E-state index contributed by atoms with van der Waals surface area (Å²) in [6.07, 6.45) is 2.75. The van der Waals surface area contributed by atoms with Crippen LogP contribution in [0.1, 0.15) is 6.92 Å². The first kappa shape index (κ1) is 23.3. The Balaban J connectivity index is 0. The van der Waals surface area contributed by atoms with E-state index in [9.17, 15) is 13.2 Å². The van der Waals surface area contributed by atoms with E-state index in [-0.39, 0.29) is 42.2 Å². The van der Waals surface area contributed by atoms with Gasteiger partial charge in [-0.05, 0) is 18.7 Å². The summed E-state index contributed by atoms with van der Waals surface area (Å²) in [7, 11) is -2.31. The Morgan fingerprint density at radius 1 is 1.32 bits per heavy atom. The van der Waals surface area contributed by atoms with Crippen molar-refractivity contribution in [3.05, 3.63) is 24.5 Å². The fourth-order valence-corrected chi connectivity index (χ4v) is 2.58. The Labute approximate surface area is 143 Å². The van der Waals surface area contributed by atoms with E-state index in [0.29, 0.717) is 13.1 Å². The van der Waals surface area contributed by atoms with Crippen LogP contribution in [0.5, 0.6) is 0 Å². The molecule has 0 saturated heterocycles. The number of halogens is 2. The van der Waals surface area contributed by atoms with Gasteiger partial charge in [-0.25, -0.2) is 8.42 Å². The van der Waals surface area contributed by atoms with Crippen LogP contribution < -0.4 is 10.6 Å². The van der Waals surface area contributed by atoms with Gasteiger partial charge in [-0.1, -0.05) is 6.92 Å². The summed E-state index contributed by atoms with van der Waals surface area (Å²) in [6.45, 7) is 3.69. The number of aromatic nitrogens is 1. The number of nitrogens with one attached hydrogen (secondary N) is 2. The molecule has 0 aromatic carbocycles. The van der Waals surface area contributed by atoms with Crippen molar-refractivity contribution in [2.75, 3.05) is 33.2 Å². The molecule has 0 unspecified atom stereocenters. The fraction of sp³-hybridized carbons (Fsp3) is 0.500. The molecule has 0 aliphatic heterocycles. The van der Waals surface area contributed by atoms with Gasteiger partial charge in [-0.15, -0.1) is 24.8 Å². The number of carbonyl (C=O) groups excluding carboxylic acids is 1. The summed E-state index contributed by atoms with van der Waals surface area (Å²) in [6, 6.07) is 2.99. The molecule has 0 aliphatic rings. The molecular formula is C12H22Cl2N4O3S. The molecule has 0 bridgehead atoms. The van der Waals surface area contributed by atoms with E-state index >= 15 is 0 Å². The van der Waals surface area contributed by atoms with Crippen LogP contribution >= 0.6 is 24.8 Å². The maximum atomic E-state index is 12.1. The maximum absolute atomic E-state index is 12.1. The largest absolute Gasteiger partial charge is 0.354 e. The number of carbonyl (C=O) groups is 1. The van der Waals surface area contributed by atoms with Gasteiger partial charge >= 0.3 is 0 Å². The van der Waals surface area contributed by atoms with Crippen LogP contribution in [0.25, 0.3) is 0 Å². The number of likely N-dealkylation sites (N-methyl/N-ethyl adjacent to an activating group) is 2. The Hall–Kier alpha value is -0.930. The quantitative estimate of drug-likeness (QED) is 0.639. The summed E-state index contributed by atoms with van der Waals surface area (Å²) in [5, 5.41) is 5.71. The molecule has 0 aliphatic carbocycles. The van der Waals surface area contributed by atoms with Crippen molar-refractivity contribution in [1.82, 2.24) is 19.9 Å². The molecule has 0 fully saturated rings. The zero-order chi connectivity index (χ0) is 15.0. The topological polar surface area (TPSA) is 91.4 Å². The van der Waals surface area contributed by atoms with Gasteiger partial charge in [0.15, 0.2) is 0 Å². The summed E-state index contributed by atoms with van der Waals surface area (Å²) >= 11 is 0. The van der Waals surface area contributed by atoms with Gasteiger partial charge in [0.25, 0.3) is 0 Å². The van der Waals surface area contributed by atoms with Crippen molar-refractivity contribution in [2.24, 2.45) is 0 Å². The van der Waals surface area contributed by atoms with Gasteiger partial charge in [-0.3, -0.25) is 9.78 Å². The molecule has 0 saturated carbocycles. The minimum absolute atomic E-state index is 0. The van der Waals surface area contributed by atoms with Crippen molar-refractivity contribution in [3.8, 4) is 0 Å². The number of rotatable bonds is 8. The maximum Gasteiger partial charge on any atom is 0.244 e. The molecular weight excluding hydrogens is 351 g/mol. The van der Waals surface area contributed by atoms with E-state index < -0.39 is 10.0 Å². The first-order valence-electron chi connectivity index (χ1n) is 6.32. The molecule has 128 valence electrons. The highest BCUT2D eigenvalue weighted by Gasteiger charge is 2.22. The third-order valence-corrected chi connectivity index (χ3v) is 4.37. The van der Waals surface area contributed by atoms with Crippen molar-refractivity contribution >= 4 is 40.7 Å². The normalized spacial score (nSPS) is 10.5. The third-order valence-electron chi connectivity index (χ3n) is 2.58. The van der Waals surface area contributed by atoms with E-state index in [4.69, 9.17) is 0 Å². The van der Waals surface area contributed by atoms with Crippen LogP contribution in [0.2, 0.25) is 0 Å². The molecule has 1 rings (SSSR count). The zero-order valence-corrected chi connectivity index (χ0v) is 14.9. The van der Waals surface area contributed by atoms with E-state index in [1.54, 1.807) is 0 Å². The summed E-state index contributed by atoms with van der Waals surface area (Å²) in [5.74, 6) is -0.335. The molecule has 0 spiro atoms. The first-order chi connectivity index (χ1) is 9.48. The van der Waals surface area contributed by atoms with Crippen LogP contribution in [0.15, 0.2) is 29.4 Å². The lowest BCUT2D eigenvalue weighted by atomic mass is 10.5. The van der Waals surface area contributed by atoms with Crippen LogP contribution in [-0.4, -0.2) is 56.8 Å². The second kappa shape index (κ2) is 11.6. The minimum atomic E-state index is -3.67. The Kier molecular flexibility index (Phi) is 12.3. The van der Waals surface area contributed by atoms with Crippen LogP contribution in [0.4, 0.5) is 0 Å². The van der Waals surface area contributed by atoms with E-state index in [1.165, 1.54) is 31.6 Å². The number of hydrogen-bond acceptors (Lipinski definition) is 5. The number of amides is 1. The standard InChI is InChI=1S/C12H20N4O3S.2ClH/c1-3-13-7-8-15-12(17)10-16(2)20(18,19)11-5-4-6-14-9-11;;/h4-6,9,13H,3,7-8,10H2,1-2H3,(H,15,17);2*1H. The van der Waals surface area contributed by atoms with Crippen molar-refractivity contribution in [1.29, 1.82) is 0 Å². The number of pyridine rings is 1. The van der Waals surface area contributed by atoms with Gasteiger partial charge in [0.1, 0.15) is 4.90 Å². The highest BCUT2D eigenvalue weighted by Crippen LogP contribution is 2.11. The first-order valence-corrected chi connectivity index (χ1v) is 7.76. The fourth-order valence-electron chi connectivity index (χ4n) is 1.49. The molecule has 10 heteroatoms. The molecule has 1 amide bonds. The summed E-state index contributed by atoms with van der Waals surface area (Å²) < 4.78 is 25.3. The van der Waals surface area contributed by atoms with Gasteiger partial charge in [-0.2, -0.15) is 4.31 Å². The molecule has 7 nitrogen and oxygen atoms in total. The highest BCUT2D eigenvalue weighted by atomic mass is 35.5. The lowest BCUT2D eigenvalue weighted by Gasteiger charge is -2.16. The van der Waals surface area contributed by atoms with Gasteiger partial charge in [0, 0.05) is 32.5 Å². The molecule has 0 atom stereocenters. The Bertz CT molecular complexity index is 528. The molecule has 2 N–H and O–H groups in total. The Morgan fingerprint density at radius 3 is 2.55 bits per heavy atom. The molecule has 22 heavy (non-hydrogen) atoms. The van der Waals surface area contributed by atoms with Crippen molar-refractivity contribution in [3.63, 3.8) is 0 Å². The zero-order valence-electron chi connectivity index (χ0n) is 12.5. The second-order valence-corrected chi connectivity index (χ2v) is 6.20. The summed E-state index contributed by atoms with van der Waals surface area (Å²) in [4.78, 5) is 15.5.